The lowest BCUT2D eigenvalue weighted by molar-refractivity contribution is -0.134. The van der Waals surface area contributed by atoms with Crippen LogP contribution in [0.4, 0.5) is 0 Å². The summed E-state index contributed by atoms with van der Waals surface area (Å²) >= 11 is 0. The number of benzene rings is 1. The first-order valence-electron chi connectivity index (χ1n) is 11.5. The number of hydrogen-bond donors (Lipinski definition) is 2. The Morgan fingerprint density at radius 3 is 2.60 bits per heavy atom. The van der Waals surface area contributed by atoms with Crippen molar-refractivity contribution in [1.82, 2.24) is 5.48 Å². The summed E-state index contributed by atoms with van der Waals surface area (Å²) in [6.45, 7) is 6.35. The highest BCUT2D eigenvalue weighted by atomic mass is 32.2. The van der Waals surface area contributed by atoms with Crippen LogP contribution in [0.15, 0.2) is 75.8 Å². The van der Waals surface area contributed by atoms with E-state index >= 15 is 0 Å². The van der Waals surface area contributed by atoms with Crippen LogP contribution in [0.25, 0.3) is 0 Å². The first kappa shape index (κ1) is 26.5. The number of sulfone groups is 1. The number of rotatable bonds is 11. The first-order chi connectivity index (χ1) is 16.9. The van der Waals surface area contributed by atoms with Gasteiger partial charge in [0, 0.05) is 25.3 Å². The Morgan fingerprint density at radius 1 is 1.26 bits per heavy atom. The van der Waals surface area contributed by atoms with E-state index in [2.05, 4.69) is 16.8 Å². The molecule has 0 atom stereocenters. The predicted molar refractivity (Wildman–Crippen MR) is 134 cm³/mol. The topological polar surface area (TPSA) is 127 Å². The highest BCUT2D eigenvalue weighted by molar-refractivity contribution is 7.93. The molecule has 0 radical (unpaired) electrons. The monoisotopic (exact) mass is 501 g/mol. The molecule has 10 heteroatoms. The summed E-state index contributed by atoms with van der Waals surface area (Å²) < 4.78 is 35.8. The van der Waals surface area contributed by atoms with Gasteiger partial charge in [0.1, 0.15) is 5.75 Å². The van der Waals surface area contributed by atoms with E-state index in [1.807, 2.05) is 25.2 Å². The largest absolute Gasteiger partial charge is 0.494 e. The maximum absolute atomic E-state index is 13.3. The van der Waals surface area contributed by atoms with Crippen LogP contribution in [-0.4, -0.2) is 55.5 Å². The van der Waals surface area contributed by atoms with Gasteiger partial charge >= 0.3 is 0 Å². The molecule has 2 aliphatic heterocycles. The lowest BCUT2D eigenvalue weighted by atomic mass is 9.98. The molecular weight excluding hydrogens is 470 g/mol. The minimum atomic E-state index is -4.06. The zero-order valence-corrected chi connectivity index (χ0v) is 20.6. The smallest absolute Gasteiger partial charge is 0.265 e. The van der Waals surface area contributed by atoms with Gasteiger partial charge < -0.3 is 9.47 Å². The minimum Gasteiger partial charge on any atom is -0.494 e. The zero-order valence-electron chi connectivity index (χ0n) is 19.8. The van der Waals surface area contributed by atoms with E-state index in [1.54, 1.807) is 18.2 Å². The molecule has 35 heavy (non-hydrogen) atoms. The molecule has 1 aromatic carbocycles. The normalized spacial score (nSPS) is 18.2. The van der Waals surface area contributed by atoms with Crippen molar-refractivity contribution in [2.24, 2.45) is 10.2 Å². The molecule has 1 aromatic rings. The summed E-state index contributed by atoms with van der Waals surface area (Å²) in [5.41, 5.74) is 4.40. The van der Waals surface area contributed by atoms with Crippen molar-refractivity contribution in [2.45, 2.75) is 48.7 Å². The Hall–Kier alpha value is -3.08. The molecule has 0 spiro atoms. The van der Waals surface area contributed by atoms with Gasteiger partial charge in [0.15, 0.2) is 14.6 Å². The van der Waals surface area contributed by atoms with Gasteiger partial charge in [-0.2, -0.15) is 10.2 Å². The summed E-state index contributed by atoms with van der Waals surface area (Å²) in [6, 6.07) is 5.97. The lowest BCUT2D eigenvalue weighted by Crippen LogP contribution is -2.54. The Morgan fingerprint density at radius 2 is 1.97 bits per heavy atom. The molecule has 2 heterocycles. The van der Waals surface area contributed by atoms with Crippen LogP contribution < -0.4 is 10.2 Å². The summed E-state index contributed by atoms with van der Waals surface area (Å²) in [6.07, 6.45) is 9.64. The molecule has 1 amide bonds. The fourth-order valence-corrected chi connectivity index (χ4v) is 6.01. The first-order valence-corrected chi connectivity index (χ1v) is 12.9. The molecule has 0 saturated carbocycles. The molecule has 1 fully saturated rings. The van der Waals surface area contributed by atoms with Gasteiger partial charge in [-0.15, -0.1) is 0 Å². The van der Waals surface area contributed by atoms with Crippen LogP contribution in [0.5, 0.6) is 5.75 Å². The number of ether oxygens (including phenoxy) is 2. The summed E-state index contributed by atoms with van der Waals surface area (Å²) in [7, 11) is -4.06. The van der Waals surface area contributed by atoms with Crippen LogP contribution in [0.1, 0.15) is 39.0 Å². The molecule has 188 valence electrons. The molecule has 0 bridgehead atoms. The average Bonchev–Trinajstić information content (AvgIpc) is 3.35. The number of carbonyl (C=O) groups is 1. The lowest BCUT2D eigenvalue weighted by Gasteiger charge is -2.34. The second-order valence-corrected chi connectivity index (χ2v) is 10.5. The quantitative estimate of drug-likeness (QED) is 0.207. The van der Waals surface area contributed by atoms with E-state index in [-0.39, 0.29) is 31.0 Å². The summed E-state index contributed by atoms with van der Waals surface area (Å²) in [5.74, 6) is -0.424. The van der Waals surface area contributed by atoms with Crippen molar-refractivity contribution in [3.05, 3.63) is 60.7 Å². The second kappa shape index (κ2) is 12.1. The molecule has 0 aliphatic carbocycles. The fraction of sp³-hybridized carbons (Fsp3) is 0.400. The third-order valence-electron chi connectivity index (χ3n) is 6.00. The highest BCUT2D eigenvalue weighted by Crippen LogP contribution is 2.35. The van der Waals surface area contributed by atoms with Gasteiger partial charge in [-0.05, 0) is 62.4 Å². The maximum atomic E-state index is 13.3. The number of hydrogen-bond acceptors (Lipinski definition) is 8. The number of nitrogens with one attached hydrogen (secondary N) is 1. The van der Waals surface area contributed by atoms with Gasteiger partial charge in [0.05, 0.1) is 17.2 Å². The summed E-state index contributed by atoms with van der Waals surface area (Å²) in [4.78, 5) is 12.3. The number of carbonyl (C=O) groups excluding carboxylic acids is 1. The zero-order chi connectivity index (χ0) is 25.3. The van der Waals surface area contributed by atoms with Crippen LogP contribution in [0, 0.1) is 0 Å². The number of nitrogens with zero attached hydrogens (tertiary/aromatic N) is 2. The van der Waals surface area contributed by atoms with Crippen LogP contribution in [0.3, 0.4) is 0 Å². The van der Waals surface area contributed by atoms with Crippen LogP contribution in [-0.2, 0) is 19.4 Å². The van der Waals surface area contributed by atoms with E-state index in [1.165, 1.54) is 17.6 Å². The molecule has 1 saturated heterocycles. The third-order valence-corrected chi connectivity index (χ3v) is 8.52. The average molecular weight is 502 g/mol. The van der Waals surface area contributed by atoms with Crippen molar-refractivity contribution < 1.29 is 27.9 Å². The molecule has 9 nitrogen and oxygen atoms in total. The van der Waals surface area contributed by atoms with E-state index in [0.29, 0.717) is 18.8 Å². The second-order valence-electron chi connectivity index (χ2n) is 8.22. The molecule has 3 rings (SSSR count). The Balaban J connectivity index is 1.54. The number of amides is 1. The Bertz CT molecular complexity index is 1140. The summed E-state index contributed by atoms with van der Waals surface area (Å²) in [5, 5.41) is 17.7. The standard InChI is InChI=1S/C25H31N3O6S/c1-3-6-19(7-4-2)23-18-20(26-27-23)8-5-15-34-21-9-11-22(12-10-21)35(31,32)25(24(29)28-30)13-16-33-17-14-25/h3-4,6-7,9-12,30H,1,5,8,13-18H2,2H3,(H,28,29)/b7-4-,19-6+. The van der Waals surface area contributed by atoms with Gasteiger partial charge in [0.25, 0.3) is 5.91 Å². The molecule has 2 aliphatic rings. The van der Waals surface area contributed by atoms with Gasteiger partial charge in [0.2, 0.25) is 0 Å². The maximum Gasteiger partial charge on any atom is 0.265 e. The third kappa shape index (κ3) is 5.95. The van der Waals surface area contributed by atoms with Crippen LogP contribution >= 0.6 is 0 Å². The van der Waals surface area contributed by atoms with Crippen molar-refractivity contribution in [3.63, 3.8) is 0 Å². The van der Waals surface area contributed by atoms with Gasteiger partial charge in [-0.1, -0.05) is 30.9 Å². The van der Waals surface area contributed by atoms with E-state index in [9.17, 15) is 13.2 Å². The highest BCUT2D eigenvalue weighted by Gasteiger charge is 2.52. The fourth-order valence-electron chi connectivity index (χ4n) is 4.08. The van der Waals surface area contributed by atoms with Crippen LogP contribution in [0.2, 0.25) is 0 Å². The molecule has 0 aromatic heterocycles. The van der Waals surface area contributed by atoms with Crippen molar-refractivity contribution in [2.75, 3.05) is 19.8 Å². The Labute approximate surface area is 205 Å². The van der Waals surface area contributed by atoms with E-state index < -0.39 is 20.5 Å². The Kier molecular flexibility index (Phi) is 9.13. The molecular formula is C25H31N3O6S. The number of allylic oxidation sites excluding steroid dienone is 5. The molecule has 0 unspecified atom stereocenters. The van der Waals surface area contributed by atoms with Crippen molar-refractivity contribution in [3.8, 4) is 5.75 Å². The predicted octanol–water partition coefficient (Wildman–Crippen LogP) is 3.56. The van der Waals surface area contributed by atoms with E-state index in [0.717, 1.165) is 29.8 Å². The number of hydroxylamine groups is 1. The SMILES string of the molecule is C=C/C=C(\C=C/C)C1=NN=C(CCCOc2ccc(S(=O)(=O)C3(C(=O)NO)CCOCC3)cc2)C1. The van der Waals surface area contributed by atoms with Crippen molar-refractivity contribution >= 4 is 27.2 Å². The van der Waals surface area contributed by atoms with E-state index in [4.69, 9.17) is 14.7 Å². The van der Waals surface area contributed by atoms with Gasteiger partial charge in [-0.3, -0.25) is 10.0 Å². The van der Waals surface area contributed by atoms with Gasteiger partial charge in [-0.25, -0.2) is 13.9 Å². The molecule has 2 N–H and O–H groups in total. The van der Waals surface area contributed by atoms with Crippen molar-refractivity contribution in [1.29, 1.82) is 0 Å². The minimum absolute atomic E-state index is 0.00940.